The number of aromatic nitrogens is 6. The van der Waals surface area contributed by atoms with Crippen LogP contribution >= 0.6 is 0 Å². The van der Waals surface area contributed by atoms with Crippen LogP contribution in [0.15, 0.2) is 55.2 Å². The molecule has 8 nitrogen and oxygen atoms in total. The molecule has 1 aliphatic carbocycles. The number of hydrogen-bond acceptors (Lipinski definition) is 5. The first-order valence-electron chi connectivity index (χ1n) is 10.8. The van der Waals surface area contributed by atoms with Crippen LogP contribution < -0.4 is 5.32 Å². The maximum Gasteiger partial charge on any atom is 0.227 e. The van der Waals surface area contributed by atoms with E-state index >= 15 is 0 Å². The summed E-state index contributed by atoms with van der Waals surface area (Å²) in [4.78, 5) is 29.0. The molecule has 0 radical (unpaired) electrons. The zero-order chi connectivity index (χ0) is 21.5. The first-order chi connectivity index (χ1) is 15.7. The zero-order valence-corrected chi connectivity index (χ0v) is 17.3. The predicted molar refractivity (Wildman–Crippen MR) is 123 cm³/mol. The van der Waals surface area contributed by atoms with Crippen molar-refractivity contribution in [1.82, 2.24) is 30.1 Å². The Morgan fingerprint density at radius 1 is 1.00 bits per heavy atom. The van der Waals surface area contributed by atoms with Crippen LogP contribution in [0.1, 0.15) is 25.7 Å². The smallest absolute Gasteiger partial charge is 0.227 e. The third-order valence-corrected chi connectivity index (χ3v) is 6.16. The minimum atomic E-state index is 0.0837. The van der Waals surface area contributed by atoms with Crippen LogP contribution in [0.5, 0.6) is 0 Å². The van der Waals surface area contributed by atoms with Gasteiger partial charge in [0.05, 0.1) is 17.6 Å². The molecular formula is C24H21N7O. The zero-order valence-electron chi connectivity index (χ0n) is 17.3. The predicted octanol–water partition coefficient (Wildman–Crippen LogP) is 4.69. The summed E-state index contributed by atoms with van der Waals surface area (Å²) in [5, 5.41) is 12.5. The Balaban J connectivity index is 1.35. The molecule has 0 aliphatic heterocycles. The minimum Gasteiger partial charge on any atom is -0.353 e. The van der Waals surface area contributed by atoms with Crippen molar-refractivity contribution in [2.75, 3.05) is 5.32 Å². The lowest BCUT2D eigenvalue weighted by molar-refractivity contribution is -0.119. The number of pyridine rings is 3. The number of carbonyl (C=O) groups excluding carboxylic acids is 1. The van der Waals surface area contributed by atoms with Gasteiger partial charge in [0.1, 0.15) is 5.69 Å². The van der Waals surface area contributed by atoms with Crippen molar-refractivity contribution in [2.24, 2.45) is 5.92 Å². The SMILES string of the molecule is O=C(Nc1cncc(-c2cnc3[nH]nc(-c4cc5cnccc5[nH]4)c3c2)c1)C1CCCC1. The van der Waals surface area contributed by atoms with E-state index in [1.54, 1.807) is 24.8 Å². The van der Waals surface area contributed by atoms with E-state index in [1.807, 2.05) is 30.5 Å². The molecule has 5 aromatic heterocycles. The molecule has 8 heteroatoms. The maximum absolute atomic E-state index is 12.5. The lowest BCUT2D eigenvalue weighted by Crippen LogP contribution is -2.20. The van der Waals surface area contributed by atoms with E-state index in [0.29, 0.717) is 11.3 Å². The number of anilines is 1. The number of aromatic amines is 2. The molecule has 6 rings (SSSR count). The second kappa shape index (κ2) is 7.56. The van der Waals surface area contributed by atoms with E-state index in [-0.39, 0.29) is 11.8 Å². The molecule has 0 atom stereocenters. The Kier molecular flexibility index (Phi) is 4.41. The van der Waals surface area contributed by atoms with Crippen molar-refractivity contribution in [2.45, 2.75) is 25.7 Å². The standard InChI is InChI=1S/C24H21N7O/c32-24(14-3-1-2-4-14)28-18-7-15(10-26-13-18)16-8-19-22(30-31-23(19)27-12-16)21-9-17-11-25-6-5-20(17)29-21/h5-14,29H,1-4H2,(H,28,32)(H,27,30,31). The van der Waals surface area contributed by atoms with Gasteiger partial charge in [0.15, 0.2) is 5.65 Å². The summed E-state index contributed by atoms with van der Waals surface area (Å²) in [7, 11) is 0. The van der Waals surface area contributed by atoms with E-state index in [4.69, 9.17) is 0 Å². The van der Waals surface area contributed by atoms with Crippen molar-refractivity contribution < 1.29 is 4.79 Å². The number of H-pyrrole nitrogens is 2. The average Bonchev–Trinajstić information content (AvgIpc) is 3.58. The lowest BCUT2D eigenvalue weighted by atomic mass is 10.1. The summed E-state index contributed by atoms with van der Waals surface area (Å²) in [6.07, 6.45) is 13.0. The molecule has 0 unspecified atom stereocenters. The van der Waals surface area contributed by atoms with Crippen molar-refractivity contribution in [3.63, 3.8) is 0 Å². The third kappa shape index (κ3) is 3.30. The van der Waals surface area contributed by atoms with Gasteiger partial charge >= 0.3 is 0 Å². The largest absolute Gasteiger partial charge is 0.353 e. The normalized spacial score (nSPS) is 14.4. The van der Waals surface area contributed by atoms with E-state index in [2.05, 4.69) is 35.5 Å². The first-order valence-corrected chi connectivity index (χ1v) is 10.8. The number of rotatable bonds is 4. The number of amides is 1. The van der Waals surface area contributed by atoms with E-state index < -0.39 is 0 Å². The van der Waals surface area contributed by atoms with Crippen LogP contribution in [-0.2, 0) is 4.79 Å². The molecule has 32 heavy (non-hydrogen) atoms. The highest BCUT2D eigenvalue weighted by atomic mass is 16.1. The van der Waals surface area contributed by atoms with Gasteiger partial charge in [0.25, 0.3) is 0 Å². The van der Waals surface area contributed by atoms with Crippen molar-refractivity contribution in [1.29, 1.82) is 0 Å². The molecule has 1 aliphatic rings. The molecule has 5 aromatic rings. The number of hydrogen-bond donors (Lipinski definition) is 3. The van der Waals surface area contributed by atoms with Gasteiger partial charge in [0, 0.05) is 58.1 Å². The van der Waals surface area contributed by atoms with Crippen LogP contribution in [0.4, 0.5) is 5.69 Å². The fourth-order valence-corrected chi connectivity index (χ4v) is 4.46. The molecule has 0 bridgehead atoms. The van der Waals surface area contributed by atoms with Crippen molar-refractivity contribution in [3.05, 3.63) is 55.2 Å². The minimum absolute atomic E-state index is 0.0837. The molecule has 1 fully saturated rings. The summed E-state index contributed by atoms with van der Waals surface area (Å²) >= 11 is 0. The Hall–Kier alpha value is -4.07. The monoisotopic (exact) mass is 423 g/mol. The van der Waals surface area contributed by atoms with E-state index in [0.717, 1.165) is 64.5 Å². The van der Waals surface area contributed by atoms with Crippen LogP contribution in [0.2, 0.25) is 0 Å². The average molecular weight is 423 g/mol. The summed E-state index contributed by atoms with van der Waals surface area (Å²) in [5.74, 6) is 0.192. The molecule has 1 amide bonds. The van der Waals surface area contributed by atoms with Gasteiger partial charge in [-0.3, -0.25) is 19.9 Å². The van der Waals surface area contributed by atoms with E-state index in [9.17, 15) is 4.79 Å². The van der Waals surface area contributed by atoms with Crippen molar-refractivity contribution in [3.8, 4) is 22.5 Å². The highest BCUT2D eigenvalue weighted by Gasteiger charge is 2.22. The molecular weight excluding hydrogens is 402 g/mol. The Bertz CT molecular complexity index is 1410. The van der Waals surface area contributed by atoms with Crippen molar-refractivity contribution >= 4 is 33.5 Å². The third-order valence-electron chi connectivity index (χ3n) is 6.16. The van der Waals surface area contributed by atoms with Gasteiger partial charge < -0.3 is 10.3 Å². The van der Waals surface area contributed by atoms with E-state index in [1.165, 1.54) is 0 Å². The van der Waals surface area contributed by atoms with Crippen LogP contribution in [0, 0.1) is 5.92 Å². The summed E-state index contributed by atoms with van der Waals surface area (Å²) in [6.45, 7) is 0. The van der Waals surface area contributed by atoms with Gasteiger partial charge in [-0.25, -0.2) is 4.98 Å². The number of fused-ring (bicyclic) bond motifs is 2. The maximum atomic E-state index is 12.5. The highest BCUT2D eigenvalue weighted by Crippen LogP contribution is 2.31. The Labute approximate surface area is 183 Å². The highest BCUT2D eigenvalue weighted by molar-refractivity contribution is 5.96. The number of nitrogens with zero attached hydrogens (tertiary/aromatic N) is 4. The fourth-order valence-electron chi connectivity index (χ4n) is 4.46. The van der Waals surface area contributed by atoms with Gasteiger partial charge in [0.2, 0.25) is 5.91 Å². The second-order valence-electron chi connectivity index (χ2n) is 8.27. The fraction of sp³-hybridized carbons (Fsp3) is 0.208. The van der Waals surface area contributed by atoms with Crippen LogP contribution in [0.25, 0.3) is 44.5 Å². The van der Waals surface area contributed by atoms with Crippen LogP contribution in [-0.4, -0.2) is 36.0 Å². The van der Waals surface area contributed by atoms with Gasteiger partial charge in [-0.2, -0.15) is 5.10 Å². The number of carbonyl (C=O) groups is 1. The second-order valence-corrected chi connectivity index (χ2v) is 8.27. The Morgan fingerprint density at radius 2 is 1.88 bits per heavy atom. The lowest BCUT2D eigenvalue weighted by Gasteiger charge is -2.11. The molecule has 1 saturated carbocycles. The number of nitrogens with one attached hydrogen (secondary N) is 3. The van der Waals surface area contributed by atoms with Gasteiger partial charge in [-0.15, -0.1) is 0 Å². The first kappa shape index (κ1) is 18.7. The topological polar surface area (TPSA) is 112 Å². The summed E-state index contributed by atoms with van der Waals surface area (Å²) in [6, 6.07) is 7.96. The molecule has 0 aromatic carbocycles. The molecule has 0 spiro atoms. The summed E-state index contributed by atoms with van der Waals surface area (Å²) < 4.78 is 0. The van der Waals surface area contributed by atoms with Crippen LogP contribution in [0.3, 0.4) is 0 Å². The summed E-state index contributed by atoms with van der Waals surface area (Å²) in [5.41, 5.74) is 5.90. The Morgan fingerprint density at radius 3 is 2.75 bits per heavy atom. The molecule has 158 valence electrons. The molecule has 5 heterocycles. The van der Waals surface area contributed by atoms with Gasteiger partial charge in [-0.05, 0) is 37.1 Å². The molecule has 3 N–H and O–H groups in total. The van der Waals surface area contributed by atoms with Gasteiger partial charge in [-0.1, -0.05) is 12.8 Å². The quantitative estimate of drug-likeness (QED) is 0.388. The molecule has 0 saturated heterocycles.